The Morgan fingerprint density at radius 2 is 2.00 bits per heavy atom. The van der Waals surface area contributed by atoms with E-state index < -0.39 is 10.0 Å². The Balaban J connectivity index is 2.67. The van der Waals surface area contributed by atoms with Gasteiger partial charge in [-0.1, -0.05) is 0 Å². The van der Waals surface area contributed by atoms with Gasteiger partial charge in [0.25, 0.3) is 0 Å². The second-order valence-corrected chi connectivity index (χ2v) is 6.83. The molecule has 0 saturated heterocycles. The summed E-state index contributed by atoms with van der Waals surface area (Å²) in [5.41, 5.74) is 0. The minimum atomic E-state index is -3.32. The van der Waals surface area contributed by atoms with E-state index in [2.05, 4.69) is 10.0 Å². The topological polar surface area (TPSA) is 58.2 Å². The van der Waals surface area contributed by atoms with Crippen LogP contribution < -0.4 is 10.0 Å². The molecule has 0 aliphatic heterocycles. The van der Waals surface area contributed by atoms with Gasteiger partial charge in [-0.25, -0.2) is 13.1 Å². The second-order valence-electron chi connectivity index (χ2n) is 3.63. The van der Waals surface area contributed by atoms with Crippen molar-refractivity contribution in [1.29, 1.82) is 0 Å². The Labute approximate surface area is 101 Å². The molecule has 0 unspecified atom stereocenters. The van der Waals surface area contributed by atoms with E-state index in [0.29, 0.717) is 11.4 Å². The maximum Gasteiger partial charge on any atom is 0.241 e. The van der Waals surface area contributed by atoms with Crippen LogP contribution in [0.2, 0.25) is 0 Å². The van der Waals surface area contributed by atoms with Gasteiger partial charge in [0, 0.05) is 16.3 Å². The van der Waals surface area contributed by atoms with Crippen LogP contribution in [0.15, 0.2) is 11.0 Å². The molecule has 92 valence electrons. The molecule has 0 radical (unpaired) electrons. The molecule has 0 amide bonds. The van der Waals surface area contributed by atoms with Crippen molar-refractivity contribution in [2.75, 3.05) is 20.1 Å². The van der Waals surface area contributed by atoms with Crippen LogP contribution in [-0.4, -0.2) is 28.6 Å². The zero-order chi connectivity index (χ0) is 12.2. The zero-order valence-corrected chi connectivity index (χ0v) is 11.5. The Morgan fingerprint density at radius 3 is 2.50 bits per heavy atom. The fourth-order valence-electron chi connectivity index (χ4n) is 1.42. The van der Waals surface area contributed by atoms with Crippen molar-refractivity contribution in [2.24, 2.45) is 0 Å². The molecule has 0 bridgehead atoms. The van der Waals surface area contributed by atoms with Gasteiger partial charge in [0.15, 0.2) is 0 Å². The first kappa shape index (κ1) is 13.6. The lowest BCUT2D eigenvalue weighted by Gasteiger charge is -2.05. The van der Waals surface area contributed by atoms with Gasteiger partial charge < -0.3 is 5.32 Å². The zero-order valence-electron chi connectivity index (χ0n) is 9.83. The fraction of sp³-hybridized carbons (Fsp3) is 0.600. The van der Waals surface area contributed by atoms with Gasteiger partial charge in [-0.2, -0.15) is 0 Å². The first-order chi connectivity index (χ1) is 7.47. The number of thiophene rings is 1. The monoisotopic (exact) mass is 262 g/mol. The Hall–Kier alpha value is -0.430. The summed E-state index contributed by atoms with van der Waals surface area (Å²) in [5.74, 6) is 0. The highest BCUT2D eigenvalue weighted by Crippen LogP contribution is 2.24. The number of nitrogens with one attached hydrogen (secondary N) is 2. The largest absolute Gasteiger partial charge is 0.320 e. The predicted octanol–water partition coefficient (Wildman–Crippen LogP) is 1.25. The third kappa shape index (κ3) is 3.55. The average Bonchev–Trinajstić information content (AvgIpc) is 2.53. The molecular formula is C10H18N2O2S2. The van der Waals surface area contributed by atoms with E-state index in [1.807, 2.05) is 20.9 Å². The van der Waals surface area contributed by atoms with Crippen molar-refractivity contribution >= 4 is 21.4 Å². The highest BCUT2D eigenvalue weighted by atomic mass is 32.2. The molecule has 1 aromatic heterocycles. The van der Waals surface area contributed by atoms with Crippen LogP contribution >= 0.6 is 11.3 Å². The van der Waals surface area contributed by atoms with Crippen LogP contribution in [0.25, 0.3) is 0 Å². The van der Waals surface area contributed by atoms with E-state index in [0.717, 1.165) is 22.7 Å². The van der Waals surface area contributed by atoms with Crippen LogP contribution in [0.4, 0.5) is 0 Å². The normalized spacial score (nSPS) is 11.9. The van der Waals surface area contributed by atoms with Crippen LogP contribution in [-0.2, 0) is 10.0 Å². The smallest absolute Gasteiger partial charge is 0.241 e. The van der Waals surface area contributed by atoms with Crippen molar-refractivity contribution < 1.29 is 8.42 Å². The van der Waals surface area contributed by atoms with Gasteiger partial charge in [0.2, 0.25) is 10.0 Å². The molecule has 1 heterocycles. The van der Waals surface area contributed by atoms with E-state index in [1.54, 1.807) is 6.07 Å². The van der Waals surface area contributed by atoms with Gasteiger partial charge in [-0.05, 0) is 39.9 Å². The minimum Gasteiger partial charge on any atom is -0.320 e. The SMILES string of the molecule is CNCCCNS(=O)(=O)c1cc(C)sc1C. The number of aryl methyl sites for hydroxylation is 2. The van der Waals surface area contributed by atoms with E-state index in [9.17, 15) is 8.42 Å². The molecule has 4 nitrogen and oxygen atoms in total. The van der Waals surface area contributed by atoms with Crippen molar-refractivity contribution in [3.05, 3.63) is 15.8 Å². The van der Waals surface area contributed by atoms with Crippen molar-refractivity contribution in [1.82, 2.24) is 10.0 Å². The summed E-state index contributed by atoms with van der Waals surface area (Å²) < 4.78 is 26.4. The first-order valence-corrected chi connectivity index (χ1v) is 7.48. The molecule has 0 aromatic carbocycles. The third-order valence-corrected chi connectivity index (χ3v) is 4.86. The summed E-state index contributed by atoms with van der Waals surface area (Å²) in [4.78, 5) is 2.28. The van der Waals surface area contributed by atoms with Crippen molar-refractivity contribution in [2.45, 2.75) is 25.2 Å². The Kier molecular flexibility index (Phi) is 4.91. The summed E-state index contributed by atoms with van der Waals surface area (Å²) in [6.07, 6.45) is 0.790. The summed E-state index contributed by atoms with van der Waals surface area (Å²) in [5, 5.41) is 2.98. The minimum absolute atomic E-state index is 0.416. The third-order valence-electron chi connectivity index (χ3n) is 2.18. The molecule has 2 N–H and O–H groups in total. The number of hydrogen-bond donors (Lipinski definition) is 2. The van der Waals surface area contributed by atoms with Gasteiger partial charge in [0.05, 0.1) is 4.90 Å². The first-order valence-electron chi connectivity index (χ1n) is 5.18. The second kappa shape index (κ2) is 5.77. The molecule has 0 aliphatic carbocycles. The molecule has 0 saturated carbocycles. The van der Waals surface area contributed by atoms with Gasteiger partial charge in [0.1, 0.15) is 0 Å². The predicted molar refractivity (Wildman–Crippen MR) is 67.5 cm³/mol. The lowest BCUT2D eigenvalue weighted by Crippen LogP contribution is -2.26. The van der Waals surface area contributed by atoms with Crippen LogP contribution in [0.3, 0.4) is 0 Å². The quantitative estimate of drug-likeness (QED) is 0.759. The van der Waals surface area contributed by atoms with Gasteiger partial charge in [-0.3, -0.25) is 0 Å². The van der Waals surface area contributed by atoms with E-state index in [4.69, 9.17) is 0 Å². The summed E-state index contributed by atoms with van der Waals surface area (Å²) in [7, 11) is -1.47. The Morgan fingerprint density at radius 1 is 1.31 bits per heavy atom. The lowest BCUT2D eigenvalue weighted by molar-refractivity contribution is 0.577. The van der Waals surface area contributed by atoms with E-state index in [1.165, 1.54) is 11.3 Å². The highest BCUT2D eigenvalue weighted by molar-refractivity contribution is 7.89. The molecular weight excluding hydrogens is 244 g/mol. The molecule has 0 spiro atoms. The molecule has 1 aromatic rings. The van der Waals surface area contributed by atoms with Gasteiger partial charge >= 0.3 is 0 Å². The number of rotatable bonds is 6. The van der Waals surface area contributed by atoms with Crippen molar-refractivity contribution in [3.8, 4) is 0 Å². The highest BCUT2D eigenvalue weighted by Gasteiger charge is 2.17. The fourth-order valence-corrected chi connectivity index (χ4v) is 4.05. The molecule has 0 fully saturated rings. The standard InChI is InChI=1S/C10H18N2O2S2/c1-8-7-10(9(2)15-8)16(13,14)12-6-4-5-11-3/h7,11-12H,4-6H2,1-3H3. The molecule has 16 heavy (non-hydrogen) atoms. The van der Waals surface area contributed by atoms with Crippen LogP contribution in [0.1, 0.15) is 16.2 Å². The van der Waals surface area contributed by atoms with Crippen LogP contribution in [0, 0.1) is 13.8 Å². The Bertz CT molecular complexity index is 438. The van der Waals surface area contributed by atoms with Crippen LogP contribution in [0.5, 0.6) is 0 Å². The number of sulfonamides is 1. The maximum atomic E-state index is 11.9. The van der Waals surface area contributed by atoms with E-state index >= 15 is 0 Å². The summed E-state index contributed by atoms with van der Waals surface area (Å²) in [6.45, 7) is 5.03. The van der Waals surface area contributed by atoms with E-state index in [-0.39, 0.29) is 0 Å². The lowest BCUT2D eigenvalue weighted by atomic mass is 10.4. The number of hydrogen-bond acceptors (Lipinski definition) is 4. The molecule has 0 atom stereocenters. The maximum absolute atomic E-state index is 11.9. The molecule has 0 aliphatic rings. The molecule has 6 heteroatoms. The molecule has 1 rings (SSSR count). The average molecular weight is 262 g/mol. The van der Waals surface area contributed by atoms with Crippen molar-refractivity contribution in [3.63, 3.8) is 0 Å². The van der Waals surface area contributed by atoms with Gasteiger partial charge in [-0.15, -0.1) is 11.3 Å². The summed E-state index contributed by atoms with van der Waals surface area (Å²) in [6, 6.07) is 1.72. The summed E-state index contributed by atoms with van der Waals surface area (Å²) >= 11 is 1.51.